The lowest BCUT2D eigenvalue weighted by Crippen LogP contribution is -2.47. The van der Waals surface area contributed by atoms with Crippen LogP contribution in [0.4, 0.5) is 0 Å². The zero-order chi connectivity index (χ0) is 74.0. The van der Waals surface area contributed by atoms with Gasteiger partial charge in [0.15, 0.2) is 113 Å². The minimum absolute atomic E-state index is 0.00388. The van der Waals surface area contributed by atoms with Crippen molar-refractivity contribution in [2.24, 2.45) is 0 Å². The third kappa shape index (κ3) is 22.7. The molecule has 2 aliphatic carbocycles. The maximum Gasteiger partial charge on any atom is 0.187 e. The lowest BCUT2D eigenvalue weighted by atomic mass is 9.94. The molecular weight excluding hydrogens is 1390 g/mol. The Morgan fingerprint density at radius 2 is 1.08 bits per heavy atom. The summed E-state index contributed by atoms with van der Waals surface area (Å²) in [7, 11) is -0.543. The van der Waals surface area contributed by atoms with Gasteiger partial charge in [-0.25, -0.2) is 0 Å². The second kappa shape index (κ2) is 35.5. The molecule has 11 aliphatic rings. The number of Topliss-reactive ketones (excluding diaryl/α,β-unsaturated/α-hetero) is 1. The smallest absolute Gasteiger partial charge is 0.187 e. The maximum atomic E-state index is 11.4. The molecule has 9 aliphatic heterocycles. The molecular formula is C64H99O29P5. The standard InChI is InChI=1S/C11H17O4P.C9H11O4P.C9H13O4P.C9H15O4P.C9H13O4P.C9H16O4.C8H14O5/c1-5-8-9(15-10(3,4)14-8)11(12,6-2)7-16-13;1-9(2)12-7-5(4-14-11)3-6(10)8(7)13-9;1-8(2)12-6-3-4-9(10,5-14-11)7(6)13-8;2*1-4-7-8(6(10)5-14-11)13-9(2,3)12-7;1-4-5-6-7(8(10)11-5)13-9(2,3)12-6;1-8(2)12-5-4(3-9)11-7(10)6(5)13-8/h5-6,8-9,12H,1-2,7H2,3-4H3;3,7-8H,4H2,1-2H3;3-4,6-7,10H,5H2,1-2H3;4,6-8,10H,1,5H2,2-3H3;4,7-8H,1,5H2,2-3H3;5-8,10H,4H2,1-3H3;4-7,9-10H,3H2,1-2H3/t8-,9-,11?;7-,8+;6-,7-,9+;6-,7+,8-;7-,8+;5?,6-,7-,8?;4?,5-,6-,7?/m0101011/s1. The van der Waals surface area contributed by atoms with Crippen LogP contribution in [0, 0.1) is 0 Å². The van der Waals surface area contributed by atoms with Crippen LogP contribution in [0.15, 0.2) is 74.4 Å². The van der Waals surface area contributed by atoms with E-state index in [4.69, 9.17) is 80.9 Å². The molecule has 0 saturated carbocycles. The predicted octanol–water partition coefficient (Wildman–Crippen LogP) is 7.06. The van der Waals surface area contributed by atoms with Gasteiger partial charge in [-0.3, -0.25) is 32.4 Å². The Kier molecular flexibility index (Phi) is 31.1. The van der Waals surface area contributed by atoms with Crippen molar-refractivity contribution in [1.82, 2.24) is 0 Å². The van der Waals surface area contributed by atoms with E-state index in [0.717, 1.165) is 12.0 Å². The number of aliphatic hydroxyl groups is 6. The molecule has 0 radical (unpaired) electrons. The van der Waals surface area contributed by atoms with Gasteiger partial charge in [0.2, 0.25) is 0 Å². The van der Waals surface area contributed by atoms with E-state index in [2.05, 4.69) is 26.3 Å². The van der Waals surface area contributed by atoms with Crippen LogP contribution in [0.5, 0.6) is 0 Å². The Morgan fingerprint density at radius 1 is 0.592 bits per heavy atom. The summed E-state index contributed by atoms with van der Waals surface area (Å²) in [4.78, 5) is 22.9. The molecule has 0 amide bonds. The molecule has 0 aromatic rings. The molecule has 6 N–H and O–H groups in total. The van der Waals surface area contributed by atoms with E-state index in [0.29, 0.717) is 6.16 Å². The summed E-state index contributed by atoms with van der Waals surface area (Å²) in [6, 6.07) is 0. The third-order valence-corrected chi connectivity index (χ3v) is 18.9. The van der Waals surface area contributed by atoms with Gasteiger partial charge in [0.05, 0.1) is 49.6 Å². The number of aliphatic hydroxyl groups excluding tert-OH is 4. The predicted molar refractivity (Wildman–Crippen MR) is 352 cm³/mol. The van der Waals surface area contributed by atoms with Gasteiger partial charge in [-0.1, -0.05) is 43.4 Å². The third-order valence-electron chi connectivity index (χ3n) is 16.1. The quantitative estimate of drug-likeness (QED) is 0.0557. The number of hydrogen-bond acceptors (Lipinski definition) is 29. The largest absolute Gasteiger partial charge is 0.394 e. The van der Waals surface area contributed by atoms with Gasteiger partial charge in [-0.15, -0.1) is 26.3 Å². The number of carbonyl (C=O) groups excluding carboxylic acids is 2. The highest BCUT2D eigenvalue weighted by atomic mass is 31.1. The van der Waals surface area contributed by atoms with Gasteiger partial charge in [-0.05, 0) is 115 Å². The van der Waals surface area contributed by atoms with Crippen LogP contribution in [-0.4, -0.2) is 248 Å². The highest BCUT2D eigenvalue weighted by Gasteiger charge is 2.58. The first-order valence-electron chi connectivity index (χ1n) is 31.8. The lowest BCUT2D eigenvalue weighted by molar-refractivity contribution is -0.223. The molecule has 29 nitrogen and oxygen atoms in total. The fourth-order valence-corrected chi connectivity index (χ4v) is 14.2. The average molecular weight is 1490 g/mol. The molecule has 21 atom stereocenters. The molecule has 9 fully saturated rings. The van der Waals surface area contributed by atoms with Gasteiger partial charge in [0.1, 0.15) is 96.7 Å². The highest BCUT2D eigenvalue weighted by Crippen LogP contribution is 2.44. The van der Waals surface area contributed by atoms with Crippen LogP contribution in [0.3, 0.4) is 0 Å². The Labute approximate surface area is 580 Å². The first-order valence-corrected chi connectivity index (χ1v) is 36.8. The van der Waals surface area contributed by atoms with Gasteiger partial charge in [0, 0.05) is 0 Å². The Morgan fingerprint density at radius 3 is 1.59 bits per heavy atom. The molecule has 0 aromatic carbocycles. The molecule has 554 valence electrons. The topological polar surface area (TPSA) is 389 Å². The maximum absolute atomic E-state index is 11.4. The minimum Gasteiger partial charge on any atom is -0.394 e. The molecule has 11 rings (SSSR count). The van der Waals surface area contributed by atoms with E-state index in [1.807, 2.05) is 20.8 Å². The zero-order valence-electron chi connectivity index (χ0n) is 58.1. The molecule has 98 heavy (non-hydrogen) atoms. The number of ketones is 2. The summed E-state index contributed by atoms with van der Waals surface area (Å²) in [5.41, 5.74) is -1.76. The van der Waals surface area contributed by atoms with Crippen LogP contribution >= 0.6 is 42.3 Å². The van der Waals surface area contributed by atoms with Crippen molar-refractivity contribution in [3.63, 3.8) is 0 Å². The van der Waals surface area contributed by atoms with E-state index >= 15 is 0 Å². The number of rotatable bonds is 19. The Bertz CT molecular complexity index is 2790. The monoisotopic (exact) mass is 1490 g/mol. The van der Waals surface area contributed by atoms with Crippen molar-refractivity contribution >= 4 is 53.9 Å². The minimum atomic E-state index is -1.38. The summed E-state index contributed by atoms with van der Waals surface area (Å²) in [6.45, 7) is 41.1. The van der Waals surface area contributed by atoms with Crippen molar-refractivity contribution in [2.45, 2.75) is 278 Å². The van der Waals surface area contributed by atoms with E-state index in [1.54, 1.807) is 107 Å². The Balaban J connectivity index is 0.000000207. The highest BCUT2D eigenvalue weighted by molar-refractivity contribution is 7.25. The van der Waals surface area contributed by atoms with Crippen molar-refractivity contribution in [3.05, 3.63) is 74.4 Å². The number of carbonyl (C=O) groups is 2. The van der Waals surface area contributed by atoms with Crippen LogP contribution in [0.25, 0.3) is 0 Å². The van der Waals surface area contributed by atoms with E-state index in [1.165, 1.54) is 18.2 Å². The van der Waals surface area contributed by atoms with Gasteiger partial charge >= 0.3 is 0 Å². The molecule has 0 aromatic heterocycles. The van der Waals surface area contributed by atoms with Crippen LogP contribution < -0.4 is 0 Å². The van der Waals surface area contributed by atoms with Crippen molar-refractivity contribution in [1.29, 1.82) is 0 Å². The first kappa shape index (κ1) is 86.0. The molecule has 34 heteroatoms. The van der Waals surface area contributed by atoms with E-state index in [9.17, 15) is 57.9 Å². The Hall–Kier alpha value is -2.60. The zero-order valence-corrected chi connectivity index (χ0v) is 62.6. The van der Waals surface area contributed by atoms with Gasteiger partial charge in [-0.2, -0.15) is 0 Å². The van der Waals surface area contributed by atoms with Crippen molar-refractivity contribution in [3.8, 4) is 0 Å². The van der Waals surface area contributed by atoms with Crippen LogP contribution in [0.2, 0.25) is 0 Å². The summed E-state index contributed by atoms with van der Waals surface area (Å²) in [5, 5.41) is 57.8. The van der Waals surface area contributed by atoms with Gasteiger partial charge < -0.3 is 106 Å². The summed E-state index contributed by atoms with van der Waals surface area (Å²) < 4.78 is 140. The lowest BCUT2D eigenvalue weighted by Gasteiger charge is -2.30. The fourth-order valence-electron chi connectivity index (χ4n) is 12.1. The second-order valence-corrected chi connectivity index (χ2v) is 30.2. The fraction of sp³-hybridized carbons (Fsp3) is 0.781. The first-order chi connectivity index (χ1) is 45.4. The van der Waals surface area contributed by atoms with Gasteiger partial charge in [0.25, 0.3) is 0 Å². The molecule has 9 saturated heterocycles. The van der Waals surface area contributed by atoms with E-state index in [-0.39, 0.29) is 128 Å². The second-order valence-electron chi connectivity index (χ2n) is 27.3. The summed E-state index contributed by atoms with van der Waals surface area (Å²) >= 11 is 0. The normalized spacial score (nSPS) is 38.4. The number of hydrogen-bond donors (Lipinski definition) is 6. The molecule has 0 spiro atoms. The summed E-state index contributed by atoms with van der Waals surface area (Å²) in [5.74, 6) is -5.28. The van der Waals surface area contributed by atoms with Crippen LogP contribution in [0.1, 0.15) is 110 Å². The van der Waals surface area contributed by atoms with Crippen LogP contribution in [-0.2, 0) is 108 Å². The van der Waals surface area contributed by atoms with Crippen molar-refractivity contribution < 1.29 is 139 Å². The average Bonchev–Trinajstić information content (AvgIpc) is 1.55. The number of fused-ring (bicyclic) bond motifs is 4. The van der Waals surface area contributed by atoms with Crippen molar-refractivity contribution in [2.75, 3.05) is 37.4 Å². The SMILES string of the molecule is C=C[C@@H]1OC(C)(C)O[C@@H]1C(=O)CP=O.C=C[C@@H]1OC(C)(C)O[C@@H]1C(O)(C=C)CP=O.C=C[C@@H]1OC(C)(C)O[C@@H]1[C@H](O)CP=O.CC1(C)O[C@@H]2C(CO)OC(O)[C@@H]2O1.CC1(C)O[C@@H]2C(CP=O)=CC(=O)[C@@H]2O1.CC1(C)O[C@H]2C=C[C@@](O)(CP=O)[C@H]2O1.CCC1OC(O)[C@@H]2OC(C)(C)O[C@H]12. The molecule has 0 bridgehead atoms. The number of ether oxygens (including phenoxy) is 16. The van der Waals surface area contributed by atoms with E-state index < -0.39 is 125 Å². The molecule has 9 heterocycles. The molecule has 5 unspecified atom stereocenters. The summed E-state index contributed by atoms with van der Waals surface area (Å²) in [6.07, 6.45) is 3.33.